The van der Waals surface area contributed by atoms with E-state index in [0.717, 1.165) is 17.5 Å². The molecule has 0 saturated heterocycles. The molecule has 20 heavy (non-hydrogen) atoms. The molecule has 0 spiro atoms. The Morgan fingerprint density at radius 3 is 1.80 bits per heavy atom. The van der Waals surface area contributed by atoms with E-state index in [4.69, 9.17) is 0 Å². The van der Waals surface area contributed by atoms with Gasteiger partial charge in [-0.2, -0.15) is 0 Å². The molecule has 0 heterocycles. The van der Waals surface area contributed by atoms with Gasteiger partial charge in [0.05, 0.1) is 6.42 Å². The van der Waals surface area contributed by atoms with Crippen LogP contribution >= 0.6 is 0 Å². The highest BCUT2D eigenvalue weighted by Crippen LogP contribution is 2.21. The maximum absolute atomic E-state index is 11.8. The quantitative estimate of drug-likeness (QED) is 0.603. The molecule has 0 unspecified atom stereocenters. The van der Waals surface area contributed by atoms with Gasteiger partial charge >= 0.3 is 0 Å². The van der Waals surface area contributed by atoms with Crippen molar-refractivity contribution in [2.45, 2.75) is 26.7 Å². The van der Waals surface area contributed by atoms with Crippen LogP contribution in [0.2, 0.25) is 0 Å². The molecule has 2 heteroatoms. The van der Waals surface area contributed by atoms with Crippen molar-refractivity contribution in [2.75, 3.05) is 0 Å². The van der Waals surface area contributed by atoms with Gasteiger partial charge in [-0.25, -0.2) is 0 Å². The molecule has 0 radical (unpaired) electrons. The van der Waals surface area contributed by atoms with Crippen LogP contribution in [-0.2, 0) is 11.2 Å². The summed E-state index contributed by atoms with van der Waals surface area (Å²) in [7, 11) is 0. The molecule has 0 aliphatic heterocycles. The zero-order valence-corrected chi connectivity index (χ0v) is 11.8. The smallest absolute Gasteiger partial charge is 0.170 e. The summed E-state index contributed by atoms with van der Waals surface area (Å²) in [6.07, 6.45) is 1.00. The van der Waals surface area contributed by atoms with Crippen molar-refractivity contribution in [3.8, 4) is 11.1 Å². The minimum absolute atomic E-state index is 0.0233. The average Bonchev–Trinajstić information content (AvgIpc) is 2.47. The lowest BCUT2D eigenvalue weighted by molar-refractivity contribution is -0.116. The molecule has 2 aromatic carbocycles. The standard InChI is InChI=1S/C18H18O2/c1-3-14-4-6-15(7-5-14)16-8-10-17(11-9-16)18(20)12-13(2)19/h4-11H,3,12H2,1-2H3. The predicted molar refractivity (Wildman–Crippen MR) is 80.9 cm³/mol. The molecule has 0 aromatic heterocycles. The Hall–Kier alpha value is -2.22. The third kappa shape index (κ3) is 3.41. The van der Waals surface area contributed by atoms with Crippen molar-refractivity contribution in [1.82, 2.24) is 0 Å². The molecule has 2 aromatic rings. The summed E-state index contributed by atoms with van der Waals surface area (Å²) < 4.78 is 0. The van der Waals surface area contributed by atoms with Crippen molar-refractivity contribution in [3.63, 3.8) is 0 Å². The summed E-state index contributed by atoms with van der Waals surface area (Å²) in [5, 5.41) is 0. The van der Waals surface area contributed by atoms with E-state index < -0.39 is 0 Å². The molecule has 0 aliphatic rings. The van der Waals surface area contributed by atoms with Gasteiger partial charge in [0, 0.05) is 5.56 Å². The predicted octanol–water partition coefficient (Wildman–Crippen LogP) is 4.08. The monoisotopic (exact) mass is 266 g/mol. The van der Waals surface area contributed by atoms with Crippen LogP contribution in [0.15, 0.2) is 48.5 Å². The number of aryl methyl sites for hydroxylation is 1. The topological polar surface area (TPSA) is 34.1 Å². The van der Waals surface area contributed by atoms with Gasteiger partial charge in [-0.15, -0.1) is 0 Å². The third-order valence-electron chi connectivity index (χ3n) is 3.31. The Morgan fingerprint density at radius 2 is 1.35 bits per heavy atom. The van der Waals surface area contributed by atoms with Crippen LogP contribution in [0.25, 0.3) is 11.1 Å². The van der Waals surface area contributed by atoms with Crippen LogP contribution in [0.3, 0.4) is 0 Å². The molecule has 0 bridgehead atoms. The minimum atomic E-state index is -0.120. The number of hydrogen-bond donors (Lipinski definition) is 0. The van der Waals surface area contributed by atoms with Crippen molar-refractivity contribution in [3.05, 3.63) is 59.7 Å². The summed E-state index contributed by atoms with van der Waals surface area (Å²) in [4.78, 5) is 22.7. The van der Waals surface area contributed by atoms with Crippen LogP contribution in [-0.4, -0.2) is 11.6 Å². The molecule has 0 fully saturated rings. The second kappa shape index (κ2) is 6.29. The van der Waals surface area contributed by atoms with Gasteiger partial charge < -0.3 is 0 Å². The molecule has 102 valence electrons. The molecule has 0 atom stereocenters. The highest BCUT2D eigenvalue weighted by molar-refractivity contribution is 6.07. The van der Waals surface area contributed by atoms with Gasteiger partial charge in [0.25, 0.3) is 0 Å². The number of ketones is 2. The highest BCUT2D eigenvalue weighted by atomic mass is 16.1. The van der Waals surface area contributed by atoms with E-state index in [1.165, 1.54) is 12.5 Å². The van der Waals surface area contributed by atoms with E-state index in [9.17, 15) is 9.59 Å². The van der Waals surface area contributed by atoms with E-state index >= 15 is 0 Å². The maximum Gasteiger partial charge on any atom is 0.170 e. The van der Waals surface area contributed by atoms with Crippen LogP contribution in [0.4, 0.5) is 0 Å². The van der Waals surface area contributed by atoms with E-state index in [1.54, 1.807) is 12.1 Å². The molecule has 0 N–H and O–H groups in total. The summed E-state index contributed by atoms with van der Waals surface area (Å²) in [5.41, 5.74) is 4.11. The van der Waals surface area contributed by atoms with E-state index in [0.29, 0.717) is 5.56 Å². The first-order valence-corrected chi connectivity index (χ1v) is 6.82. The fraction of sp³-hybridized carbons (Fsp3) is 0.222. The fourth-order valence-electron chi connectivity index (χ4n) is 2.11. The van der Waals surface area contributed by atoms with Crippen molar-refractivity contribution in [1.29, 1.82) is 0 Å². The number of benzene rings is 2. The first-order chi connectivity index (χ1) is 9.60. The molecule has 0 aliphatic carbocycles. The summed E-state index contributed by atoms with van der Waals surface area (Å²) in [5.74, 6) is -0.223. The first kappa shape index (κ1) is 14.2. The Balaban J connectivity index is 2.18. The Bertz CT molecular complexity index is 607. The number of carbonyl (C=O) groups excluding carboxylic acids is 2. The first-order valence-electron chi connectivity index (χ1n) is 6.82. The van der Waals surface area contributed by atoms with Gasteiger partial charge in [-0.05, 0) is 30.0 Å². The van der Waals surface area contributed by atoms with Crippen molar-refractivity contribution in [2.24, 2.45) is 0 Å². The number of hydrogen-bond acceptors (Lipinski definition) is 2. The van der Waals surface area contributed by atoms with Crippen LogP contribution in [0, 0.1) is 0 Å². The summed E-state index contributed by atoms with van der Waals surface area (Å²) >= 11 is 0. The number of carbonyl (C=O) groups is 2. The minimum Gasteiger partial charge on any atom is -0.300 e. The molecule has 0 saturated carbocycles. The highest BCUT2D eigenvalue weighted by Gasteiger charge is 2.08. The summed E-state index contributed by atoms with van der Waals surface area (Å²) in [6, 6.07) is 15.8. The van der Waals surface area contributed by atoms with Gasteiger partial charge in [0.2, 0.25) is 0 Å². The van der Waals surface area contributed by atoms with E-state index in [1.807, 2.05) is 12.1 Å². The zero-order chi connectivity index (χ0) is 14.5. The molecular weight excluding hydrogens is 248 g/mol. The van der Waals surface area contributed by atoms with Crippen LogP contribution < -0.4 is 0 Å². The van der Waals surface area contributed by atoms with Gasteiger partial charge in [-0.1, -0.05) is 55.5 Å². The van der Waals surface area contributed by atoms with Crippen LogP contribution in [0.1, 0.15) is 36.2 Å². The SMILES string of the molecule is CCc1ccc(-c2ccc(C(=O)CC(C)=O)cc2)cc1. The maximum atomic E-state index is 11.8. The summed E-state index contributed by atoms with van der Waals surface area (Å²) in [6.45, 7) is 3.56. The van der Waals surface area contributed by atoms with Crippen molar-refractivity contribution < 1.29 is 9.59 Å². The van der Waals surface area contributed by atoms with Crippen molar-refractivity contribution >= 4 is 11.6 Å². The van der Waals surface area contributed by atoms with E-state index in [2.05, 4.69) is 31.2 Å². The van der Waals surface area contributed by atoms with Gasteiger partial charge in [0.1, 0.15) is 5.78 Å². The fourth-order valence-corrected chi connectivity index (χ4v) is 2.11. The van der Waals surface area contributed by atoms with Crippen LogP contribution in [0.5, 0.6) is 0 Å². The molecule has 2 rings (SSSR count). The lowest BCUT2D eigenvalue weighted by Crippen LogP contribution is -2.04. The normalized spacial score (nSPS) is 10.3. The molecular formula is C18H18O2. The van der Waals surface area contributed by atoms with Gasteiger partial charge in [0.15, 0.2) is 5.78 Å². The Labute approximate surface area is 119 Å². The second-order valence-corrected chi connectivity index (χ2v) is 4.93. The Morgan fingerprint density at radius 1 is 0.850 bits per heavy atom. The lowest BCUT2D eigenvalue weighted by Gasteiger charge is -2.05. The Kier molecular flexibility index (Phi) is 4.46. The van der Waals surface area contributed by atoms with E-state index in [-0.39, 0.29) is 18.0 Å². The van der Waals surface area contributed by atoms with Gasteiger partial charge in [-0.3, -0.25) is 9.59 Å². The lowest BCUT2D eigenvalue weighted by atomic mass is 10.00. The second-order valence-electron chi connectivity index (χ2n) is 4.93. The molecule has 2 nitrogen and oxygen atoms in total. The molecule has 0 amide bonds. The largest absolute Gasteiger partial charge is 0.300 e. The number of Topliss-reactive ketones (excluding diaryl/α,β-unsaturated/α-hetero) is 2. The third-order valence-corrected chi connectivity index (χ3v) is 3.31. The zero-order valence-electron chi connectivity index (χ0n) is 11.8. The number of rotatable bonds is 5. The average molecular weight is 266 g/mol.